The molecule has 1 aromatic rings. The summed E-state index contributed by atoms with van der Waals surface area (Å²) in [5, 5.41) is 33.9. The van der Waals surface area contributed by atoms with Crippen LogP contribution in [0.5, 0.6) is 0 Å². The maximum absolute atomic E-state index is 13.6. The van der Waals surface area contributed by atoms with Gasteiger partial charge in [0, 0.05) is 18.2 Å². The van der Waals surface area contributed by atoms with E-state index < -0.39 is 58.7 Å². The average Bonchev–Trinajstić information content (AvgIpc) is 3.18. The number of ether oxygens (including phenoxy) is 2. The van der Waals surface area contributed by atoms with Crippen molar-refractivity contribution in [3.05, 3.63) is 59.1 Å². The molecule has 1 amide bonds. The minimum atomic E-state index is -2.63. The van der Waals surface area contributed by atoms with Crippen molar-refractivity contribution in [3.8, 4) is 0 Å². The third kappa shape index (κ3) is 3.36. The number of benzene rings is 1. The number of ketones is 2. The number of rotatable bonds is 7. The molecule has 2 heterocycles. The molecule has 0 unspecified atom stereocenters. The Bertz CT molecular complexity index is 1020. The van der Waals surface area contributed by atoms with Crippen molar-refractivity contribution in [1.82, 2.24) is 5.32 Å². The first kappa shape index (κ1) is 23.7. The van der Waals surface area contributed by atoms with Crippen LogP contribution in [0.25, 0.3) is 0 Å². The van der Waals surface area contributed by atoms with Crippen LogP contribution in [0.2, 0.25) is 0 Å². The average molecular weight is 449 g/mol. The highest BCUT2D eigenvalue weighted by Gasteiger charge is 2.74. The van der Waals surface area contributed by atoms with E-state index in [0.29, 0.717) is 6.42 Å². The van der Waals surface area contributed by atoms with Gasteiger partial charge in [0.25, 0.3) is 11.5 Å². The zero-order valence-corrected chi connectivity index (χ0v) is 17.7. The number of methoxy groups -OCH3 is 1. The Kier molecular flexibility index (Phi) is 6.34. The smallest absolute Gasteiger partial charge is 0.278 e. The highest BCUT2D eigenvalue weighted by atomic mass is 19.1. The molecule has 0 aromatic heterocycles. The fourth-order valence-electron chi connectivity index (χ4n) is 3.86. The van der Waals surface area contributed by atoms with Gasteiger partial charge >= 0.3 is 0 Å². The molecule has 2 aliphatic rings. The number of amides is 1. The standard InChI is InChI=1S/C22H24FNO8/c1-4-5-9-14(25)15(26)16-11(2)17(27)21(32-16)19(29)22(31-3,24-20(21)30)18(28)12-7-6-8-13(23)10-12/h5-10,14-15,19,25-26,29H,4H2,1-3H3,(H,24,30)/b9-5-/t14-,15-,19+,21+,22+/m0/s1. The Balaban J connectivity index is 2.00. The van der Waals surface area contributed by atoms with Crippen LogP contribution in [0, 0.1) is 5.82 Å². The second kappa shape index (κ2) is 8.55. The molecule has 0 saturated carbocycles. The van der Waals surface area contributed by atoms with E-state index in [9.17, 15) is 34.1 Å². The molecule has 1 saturated heterocycles. The molecule has 10 heteroatoms. The van der Waals surface area contributed by atoms with E-state index in [1.54, 1.807) is 6.08 Å². The van der Waals surface area contributed by atoms with Gasteiger partial charge in [-0.2, -0.15) is 0 Å². The summed E-state index contributed by atoms with van der Waals surface area (Å²) in [7, 11) is 1.02. The number of halogens is 1. The Morgan fingerprint density at radius 1 is 1.38 bits per heavy atom. The lowest BCUT2D eigenvalue weighted by Gasteiger charge is -2.32. The normalized spacial score (nSPS) is 29.5. The van der Waals surface area contributed by atoms with Gasteiger partial charge in [-0.3, -0.25) is 14.4 Å². The molecule has 5 atom stereocenters. The van der Waals surface area contributed by atoms with Crippen molar-refractivity contribution in [3.63, 3.8) is 0 Å². The lowest BCUT2D eigenvalue weighted by Crippen LogP contribution is -2.60. The molecule has 0 radical (unpaired) electrons. The van der Waals surface area contributed by atoms with Crippen LogP contribution in [-0.4, -0.2) is 69.5 Å². The van der Waals surface area contributed by atoms with Gasteiger partial charge in [-0.15, -0.1) is 0 Å². The third-order valence-corrected chi connectivity index (χ3v) is 5.63. The van der Waals surface area contributed by atoms with Crippen molar-refractivity contribution in [2.24, 2.45) is 0 Å². The van der Waals surface area contributed by atoms with Crippen LogP contribution in [0.1, 0.15) is 30.6 Å². The summed E-state index contributed by atoms with van der Waals surface area (Å²) in [6.45, 7) is 3.07. The zero-order valence-electron chi connectivity index (χ0n) is 17.7. The molecule has 32 heavy (non-hydrogen) atoms. The van der Waals surface area contributed by atoms with Crippen molar-refractivity contribution in [2.75, 3.05) is 7.11 Å². The molecule has 4 N–H and O–H groups in total. The maximum Gasteiger partial charge on any atom is 0.278 e. The molecule has 0 bridgehead atoms. The molecule has 0 aliphatic carbocycles. The minimum Gasteiger partial charge on any atom is -0.467 e. The van der Waals surface area contributed by atoms with Crippen molar-refractivity contribution in [1.29, 1.82) is 0 Å². The van der Waals surface area contributed by atoms with Crippen LogP contribution in [0.4, 0.5) is 4.39 Å². The van der Waals surface area contributed by atoms with E-state index >= 15 is 0 Å². The second-order valence-corrected chi connectivity index (χ2v) is 7.56. The maximum atomic E-state index is 13.6. The van der Waals surface area contributed by atoms with Crippen LogP contribution < -0.4 is 5.32 Å². The number of hydrogen-bond donors (Lipinski definition) is 4. The molecule has 9 nitrogen and oxygen atoms in total. The van der Waals surface area contributed by atoms with Crippen LogP contribution in [0.15, 0.2) is 47.7 Å². The summed E-state index contributed by atoms with van der Waals surface area (Å²) in [4.78, 5) is 39.2. The van der Waals surface area contributed by atoms with Crippen LogP contribution in [-0.2, 0) is 19.1 Å². The van der Waals surface area contributed by atoms with Gasteiger partial charge in [0.05, 0.1) is 0 Å². The summed E-state index contributed by atoms with van der Waals surface area (Å²) in [6.07, 6.45) is -1.91. The van der Waals surface area contributed by atoms with Gasteiger partial charge < -0.3 is 30.1 Å². The SMILES string of the molecule is CC/C=C\[C@H](O)[C@H](O)C1=C(C)C(=O)[C@]2(O1)C(=O)N[C@@](OC)(C(=O)c1cccc(F)c1)[C@@H]2O. The quantitative estimate of drug-likeness (QED) is 0.262. The van der Waals surface area contributed by atoms with E-state index in [4.69, 9.17) is 9.47 Å². The number of carbonyl (C=O) groups is 3. The van der Waals surface area contributed by atoms with E-state index in [0.717, 1.165) is 19.2 Å². The van der Waals surface area contributed by atoms with Crippen molar-refractivity contribution >= 4 is 17.5 Å². The number of aliphatic hydroxyl groups is 3. The number of hydrogen-bond acceptors (Lipinski definition) is 8. The van der Waals surface area contributed by atoms with Gasteiger partial charge in [-0.05, 0) is 25.5 Å². The molecule has 2 aliphatic heterocycles. The molecular weight excluding hydrogens is 425 g/mol. The van der Waals surface area contributed by atoms with Crippen LogP contribution in [0.3, 0.4) is 0 Å². The lowest BCUT2D eigenvalue weighted by atomic mass is 9.85. The van der Waals surface area contributed by atoms with Crippen molar-refractivity contribution in [2.45, 2.75) is 49.9 Å². The fraction of sp³-hybridized carbons (Fsp3) is 0.409. The molecule has 3 rings (SSSR count). The van der Waals surface area contributed by atoms with Crippen molar-refractivity contribution < 1.29 is 43.6 Å². The summed E-state index contributed by atoms with van der Waals surface area (Å²) in [6, 6.07) is 4.50. The molecular formula is C22H24FNO8. The summed E-state index contributed by atoms with van der Waals surface area (Å²) < 4.78 is 24.3. The van der Waals surface area contributed by atoms with Gasteiger partial charge in [0.15, 0.2) is 6.10 Å². The highest BCUT2D eigenvalue weighted by molar-refractivity contribution is 6.23. The zero-order chi connectivity index (χ0) is 23.8. The summed E-state index contributed by atoms with van der Waals surface area (Å²) in [5.74, 6) is -4.34. The summed E-state index contributed by atoms with van der Waals surface area (Å²) >= 11 is 0. The topological polar surface area (TPSA) is 142 Å². The Morgan fingerprint density at radius 2 is 2.06 bits per heavy atom. The fourth-order valence-corrected chi connectivity index (χ4v) is 3.86. The van der Waals surface area contributed by atoms with Crippen LogP contribution >= 0.6 is 0 Å². The number of allylic oxidation sites excluding steroid dienone is 1. The number of aliphatic hydroxyl groups excluding tert-OH is 3. The number of nitrogens with one attached hydrogen (secondary N) is 1. The van der Waals surface area contributed by atoms with E-state index in [1.807, 2.05) is 6.92 Å². The predicted octanol–water partition coefficient (Wildman–Crippen LogP) is 0.142. The molecule has 1 spiro atoms. The molecule has 172 valence electrons. The Labute approximate surface area is 183 Å². The van der Waals surface area contributed by atoms with Gasteiger partial charge in [0.2, 0.25) is 17.3 Å². The molecule has 1 fully saturated rings. The number of carbonyl (C=O) groups excluding carboxylic acids is 3. The first-order chi connectivity index (χ1) is 15.1. The van der Waals surface area contributed by atoms with Gasteiger partial charge in [-0.1, -0.05) is 31.2 Å². The number of Topliss-reactive ketones (excluding diaryl/α,β-unsaturated/α-hetero) is 2. The van der Waals surface area contributed by atoms with E-state index in [2.05, 4.69) is 5.32 Å². The van der Waals surface area contributed by atoms with E-state index in [1.165, 1.54) is 25.1 Å². The minimum absolute atomic E-state index is 0.208. The largest absolute Gasteiger partial charge is 0.467 e. The predicted molar refractivity (Wildman–Crippen MR) is 108 cm³/mol. The Hall–Kier alpha value is -2.92. The second-order valence-electron chi connectivity index (χ2n) is 7.56. The highest BCUT2D eigenvalue weighted by Crippen LogP contribution is 2.44. The monoisotopic (exact) mass is 449 g/mol. The first-order valence-electron chi connectivity index (χ1n) is 9.90. The molecule has 1 aromatic carbocycles. The Morgan fingerprint density at radius 3 is 2.66 bits per heavy atom. The van der Waals surface area contributed by atoms with Gasteiger partial charge in [-0.25, -0.2) is 4.39 Å². The van der Waals surface area contributed by atoms with E-state index in [-0.39, 0.29) is 11.1 Å². The van der Waals surface area contributed by atoms with Gasteiger partial charge in [0.1, 0.15) is 23.8 Å². The third-order valence-electron chi connectivity index (χ3n) is 5.63. The lowest BCUT2D eigenvalue weighted by molar-refractivity contribution is -0.163. The summed E-state index contributed by atoms with van der Waals surface area (Å²) in [5.41, 5.74) is -5.52. The first-order valence-corrected chi connectivity index (χ1v) is 9.90.